The highest BCUT2D eigenvalue weighted by molar-refractivity contribution is 6.34. The first-order chi connectivity index (χ1) is 12.9. The minimum atomic E-state index is -0.560. The number of nitrogens with one attached hydrogen (secondary N) is 1. The second-order valence-corrected chi connectivity index (χ2v) is 6.02. The van der Waals surface area contributed by atoms with Crippen LogP contribution in [-0.4, -0.2) is 24.1 Å². The molecule has 0 aliphatic heterocycles. The van der Waals surface area contributed by atoms with Gasteiger partial charge in [-0.15, -0.1) is 0 Å². The number of methoxy groups -OCH3 is 1. The van der Waals surface area contributed by atoms with E-state index >= 15 is 0 Å². The third kappa shape index (κ3) is 3.83. The van der Waals surface area contributed by atoms with Gasteiger partial charge in [0.05, 0.1) is 23.4 Å². The average Bonchev–Trinajstić information content (AvgIpc) is 3.05. The van der Waals surface area contributed by atoms with Crippen molar-refractivity contribution in [1.82, 2.24) is 5.16 Å². The maximum atomic E-state index is 13.2. The number of hydrogen-bond donors (Lipinski definition) is 1. The van der Waals surface area contributed by atoms with Crippen LogP contribution in [-0.2, 0) is 4.74 Å². The lowest BCUT2D eigenvalue weighted by Gasteiger charge is -2.09. The number of aryl methyl sites for hydroxylation is 1. The predicted molar refractivity (Wildman–Crippen MR) is 97.4 cm³/mol. The predicted octanol–water partition coefficient (Wildman–Crippen LogP) is 4.48. The summed E-state index contributed by atoms with van der Waals surface area (Å²) in [6, 6.07) is 9.88. The van der Waals surface area contributed by atoms with Crippen LogP contribution in [0.4, 0.5) is 10.1 Å². The van der Waals surface area contributed by atoms with Gasteiger partial charge in [0.1, 0.15) is 22.8 Å². The van der Waals surface area contributed by atoms with Gasteiger partial charge in [-0.2, -0.15) is 0 Å². The van der Waals surface area contributed by atoms with Gasteiger partial charge in [0, 0.05) is 5.56 Å². The number of aromatic nitrogens is 1. The van der Waals surface area contributed by atoms with Gasteiger partial charge in [0.2, 0.25) is 0 Å². The quantitative estimate of drug-likeness (QED) is 0.666. The Morgan fingerprint density at radius 1 is 1.19 bits per heavy atom. The first-order valence-corrected chi connectivity index (χ1v) is 8.20. The van der Waals surface area contributed by atoms with Gasteiger partial charge in [-0.3, -0.25) is 4.79 Å². The van der Waals surface area contributed by atoms with E-state index in [1.165, 1.54) is 49.6 Å². The highest BCUT2D eigenvalue weighted by Gasteiger charge is 2.23. The van der Waals surface area contributed by atoms with Crippen LogP contribution >= 0.6 is 11.6 Å². The molecule has 0 spiro atoms. The van der Waals surface area contributed by atoms with Crippen molar-refractivity contribution in [1.29, 1.82) is 0 Å². The van der Waals surface area contributed by atoms with Crippen LogP contribution in [0.15, 0.2) is 47.0 Å². The first kappa shape index (κ1) is 18.6. The van der Waals surface area contributed by atoms with E-state index in [-0.39, 0.29) is 33.3 Å². The molecule has 1 amide bonds. The van der Waals surface area contributed by atoms with E-state index in [0.29, 0.717) is 5.56 Å². The number of amides is 1. The van der Waals surface area contributed by atoms with E-state index in [1.54, 1.807) is 6.92 Å². The van der Waals surface area contributed by atoms with Crippen LogP contribution in [0.5, 0.6) is 0 Å². The molecule has 1 heterocycles. The molecular weight excluding hydrogens is 375 g/mol. The fraction of sp³-hybridized carbons (Fsp3) is 0.105. The van der Waals surface area contributed by atoms with E-state index < -0.39 is 17.7 Å². The molecule has 138 valence electrons. The molecular formula is C19H14ClFN2O4. The number of nitrogens with zero attached hydrogens (tertiary/aromatic N) is 1. The zero-order valence-corrected chi connectivity index (χ0v) is 15.1. The molecule has 3 rings (SSSR count). The minimum absolute atomic E-state index is 0.182. The van der Waals surface area contributed by atoms with E-state index in [1.807, 2.05) is 0 Å². The Balaban J connectivity index is 1.95. The van der Waals surface area contributed by atoms with Crippen molar-refractivity contribution >= 4 is 29.2 Å². The summed E-state index contributed by atoms with van der Waals surface area (Å²) in [5.41, 5.74) is 1.44. The maximum Gasteiger partial charge on any atom is 0.337 e. The molecule has 0 bridgehead atoms. The van der Waals surface area contributed by atoms with Gasteiger partial charge in [-0.25, -0.2) is 9.18 Å². The Bertz CT molecular complexity index is 1020. The molecule has 0 saturated carbocycles. The van der Waals surface area contributed by atoms with Crippen LogP contribution in [0.3, 0.4) is 0 Å². The van der Waals surface area contributed by atoms with Crippen LogP contribution < -0.4 is 5.32 Å². The summed E-state index contributed by atoms with van der Waals surface area (Å²) in [5, 5.41) is 6.78. The summed E-state index contributed by atoms with van der Waals surface area (Å²) in [5.74, 6) is -1.21. The van der Waals surface area contributed by atoms with Crippen LogP contribution in [0.1, 0.15) is 26.5 Å². The summed E-state index contributed by atoms with van der Waals surface area (Å²) >= 11 is 6.12. The van der Waals surface area contributed by atoms with Crippen molar-refractivity contribution < 1.29 is 23.2 Å². The molecule has 8 heteroatoms. The summed E-state index contributed by atoms with van der Waals surface area (Å²) in [6.07, 6.45) is 0. The lowest BCUT2D eigenvalue weighted by molar-refractivity contribution is 0.0600. The van der Waals surface area contributed by atoms with E-state index in [2.05, 4.69) is 15.2 Å². The number of benzene rings is 2. The van der Waals surface area contributed by atoms with E-state index in [0.717, 1.165) is 0 Å². The van der Waals surface area contributed by atoms with Gasteiger partial charge in [0.25, 0.3) is 5.91 Å². The highest BCUT2D eigenvalue weighted by atomic mass is 35.5. The summed E-state index contributed by atoms with van der Waals surface area (Å²) < 4.78 is 23.0. The van der Waals surface area contributed by atoms with Gasteiger partial charge in [0.15, 0.2) is 0 Å². The zero-order valence-electron chi connectivity index (χ0n) is 14.4. The number of hydrogen-bond acceptors (Lipinski definition) is 5. The Morgan fingerprint density at radius 3 is 2.56 bits per heavy atom. The van der Waals surface area contributed by atoms with E-state index in [4.69, 9.17) is 16.1 Å². The largest absolute Gasteiger partial charge is 0.465 e. The fourth-order valence-electron chi connectivity index (χ4n) is 2.50. The molecule has 0 aliphatic carbocycles. The fourth-order valence-corrected chi connectivity index (χ4v) is 2.66. The van der Waals surface area contributed by atoms with Crippen LogP contribution in [0, 0.1) is 12.7 Å². The Kier molecular flexibility index (Phi) is 5.23. The summed E-state index contributed by atoms with van der Waals surface area (Å²) in [4.78, 5) is 24.5. The van der Waals surface area contributed by atoms with E-state index in [9.17, 15) is 14.0 Å². The standard InChI is InChI=1S/C19H14ClFN2O4/c1-10-16(17(23-27-10)11-3-6-13(21)7-4-11)18(24)22-15-9-12(19(25)26-2)5-8-14(15)20/h3-9H,1-2H3,(H,22,24). The number of carbonyl (C=O) groups is 2. The molecule has 6 nitrogen and oxygen atoms in total. The van der Waals surface area contributed by atoms with Gasteiger partial charge < -0.3 is 14.6 Å². The molecule has 0 fully saturated rings. The topological polar surface area (TPSA) is 81.4 Å². The smallest absolute Gasteiger partial charge is 0.337 e. The normalized spacial score (nSPS) is 10.5. The minimum Gasteiger partial charge on any atom is -0.465 e. The number of esters is 1. The zero-order chi connectivity index (χ0) is 19.6. The molecule has 0 atom stereocenters. The van der Waals surface area contributed by atoms with Crippen molar-refractivity contribution in [2.75, 3.05) is 12.4 Å². The highest BCUT2D eigenvalue weighted by Crippen LogP contribution is 2.28. The van der Waals surface area contributed by atoms with Crippen molar-refractivity contribution in [3.8, 4) is 11.3 Å². The van der Waals surface area contributed by atoms with Gasteiger partial charge >= 0.3 is 5.97 Å². The lowest BCUT2D eigenvalue weighted by atomic mass is 10.1. The monoisotopic (exact) mass is 388 g/mol. The number of ether oxygens (including phenoxy) is 1. The second-order valence-electron chi connectivity index (χ2n) is 5.61. The molecule has 1 aromatic heterocycles. The average molecular weight is 389 g/mol. The molecule has 1 N–H and O–H groups in total. The van der Waals surface area contributed by atoms with Gasteiger partial charge in [-0.1, -0.05) is 16.8 Å². The molecule has 3 aromatic rings. The Hall–Kier alpha value is -3.19. The third-order valence-corrected chi connectivity index (χ3v) is 4.17. The second kappa shape index (κ2) is 7.59. The van der Waals surface area contributed by atoms with Crippen molar-refractivity contribution in [3.05, 3.63) is 70.2 Å². The summed E-state index contributed by atoms with van der Waals surface area (Å²) in [7, 11) is 1.25. The lowest BCUT2D eigenvalue weighted by Crippen LogP contribution is -2.14. The molecule has 0 radical (unpaired) electrons. The van der Waals surface area contributed by atoms with Crippen LogP contribution in [0.25, 0.3) is 11.3 Å². The number of rotatable bonds is 4. The Labute approximate surface area is 158 Å². The SMILES string of the molecule is COC(=O)c1ccc(Cl)c(NC(=O)c2c(-c3ccc(F)cc3)noc2C)c1. The summed E-state index contributed by atoms with van der Waals surface area (Å²) in [6.45, 7) is 1.58. The van der Waals surface area contributed by atoms with Gasteiger partial charge in [-0.05, 0) is 49.4 Å². The number of anilines is 1. The third-order valence-electron chi connectivity index (χ3n) is 3.84. The molecule has 0 aliphatic rings. The number of halogens is 2. The van der Waals surface area contributed by atoms with Crippen LogP contribution in [0.2, 0.25) is 5.02 Å². The molecule has 27 heavy (non-hydrogen) atoms. The van der Waals surface area contributed by atoms with Crippen molar-refractivity contribution in [2.45, 2.75) is 6.92 Å². The maximum absolute atomic E-state index is 13.2. The Morgan fingerprint density at radius 2 is 1.89 bits per heavy atom. The molecule has 0 saturated heterocycles. The molecule has 2 aromatic carbocycles. The van der Waals surface area contributed by atoms with Crippen molar-refractivity contribution in [2.24, 2.45) is 0 Å². The first-order valence-electron chi connectivity index (χ1n) is 7.82. The molecule has 0 unspecified atom stereocenters. The van der Waals surface area contributed by atoms with Crippen molar-refractivity contribution in [3.63, 3.8) is 0 Å². The number of carbonyl (C=O) groups excluding carboxylic acids is 2.